The zero-order valence-electron chi connectivity index (χ0n) is 11.1. The quantitative estimate of drug-likeness (QED) is 0.803. The summed E-state index contributed by atoms with van der Waals surface area (Å²) in [5.74, 6) is 1.00. The molecule has 2 N–H and O–H groups in total. The van der Waals surface area contributed by atoms with Crippen LogP contribution in [0.25, 0.3) is 0 Å². The summed E-state index contributed by atoms with van der Waals surface area (Å²) in [5, 5.41) is 2.48. The van der Waals surface area contributed by atoms with Crippen LogP contribution in [-0.2, 0) is 5.75 Å². The Morgan fingerprint density at radius 2 is 2.16 bits per heavy atom. The molecule has 19 heavy (non-hydrogen) atoms. The summed E-state index contributed by atoms with van der Waals surface area (Å²) >= 11 is 7.21. The first kappa shape index (κ1) is 15.1. The third-order valence-electron chi connectivity index (χ3n) is 2.86. The lowest BCUT2D eigenvalue weighted by Gasteiger charge is -2.19. The maximum Gasteiger partial charge on any atom is 0.0543 e. The fourth-order valence-corrected chi connectivity index (χ4v) is 4.96. The second-order valence-corrected chi connectivity index (χ2v) is 7.74. The van der Waals surface area contributed by atoms with E-state index in [0.29, 0.717) is 5.25 Å². The van der Waals surface area contributed by atoms with E-state index in [1.165, 1.54) is 16.0 Å². The minimum atomic E-state index is 0.153. The van der Waals surface area contributed by atoms with Crippen molar-refractivity contribution in [2.24, 2.45) is 5.73 Å². The molecule has 2 rings (SSSR count). The zero-order chi connectivity index (χ0) is 13.8. The molecule has 102 valence electrons. The first-order valence-corrected chi connectivity index (χ1v) is 8.95. The van der Waals surface area contributed by atoms with Gasteiger partial charge in [-0.2, -0.15) is 0 Å². The van der Waals surface area contributed by atoms with Gasteiger partial charge in [-0.3, -0.25) is 0 Å². The SMILES string of the molecule is Cc1cccc(CSC(c2cc(Br)cs2)C(C)N)c1. The lowest BCUT2D eigenvalue weighted by molar-refractivity contribution is 0.729. The summed E-state index contributed by atoms with van der Waals surface area (Å²) in [4.78, 5) is 1.35. The maximum absolute atomic E-state index is 6.14. The Labute approximate surface area is 131 Å². The molecule has 0 aliphatic rings. The number of thioether (sulfide) groups is 1. The average Bonchev–Trinajstić information content (AvgIpc) is 2.76. The van der Waals surface area contributed by atoms with Gasteiger partial charge in [-0.1, -0.05) is 29.8 Å². The average molecular weight is 356 g/mol. The van der Waals surface area contributed by atoms with E-state index in [-0.39, 0.29) is 6.04 Å². The van der Waals surface area contributed by atoms with E-state index >= 15 is 0 Å². The fourth-order valence-electron chi connectivity index (χ4n) is 1.96. The van der Waals surface area contributed by atoms with Crippen LogP contribution in [0.3, 0.4) is 0 Å². The van der Waals surface area contributed by atoms with E-state index in [2.05, 4.69) is 65.5 Å². The third kappa shape index (κ3) is 4.35. The van der Waals surface area contributed by atoms with Crippen LogP contribution in [0.15, 0.2) is 40.2 Å². The van der Waals surface area contributed by atoms with Crippen molar-refractivity contribution in [2.75, 3.05) is 0 Å². The van der Waals surface area contributed by atoms with Gasteiger partial charge in [-0.15, -0.1) is 23.1 Å². The smallest absolute Gasteiger partial charge is 0.0543 e. The Hall–Kier alpha value is -0.290. The predicted octanol–water partition coefficient (Wildman–Crippen LogP) is 5.14. The monoisotopic (exact) mass is 355 g/mol. The van der Waals surface area contributed by atoms with Crippen molar-refractivity contribution in [3.8, 4) is 0 Å². The van der Waals surface area contributed by atoms with Crippen molar-refractivity contribution >= 4 is 39.0 Å². The van der Waals surface area contributed by atoms with Crippen molar-refractivity contribution < 1.29 is 0 Å². The second kappa shape index (κ2) is 6.93. The van der Waals surface area contributed by atoms with Crippen LogP contribution in [-0.4, -0.2) is 6.04 Å². The van der Waals surface area contributed by atoms with Crippen molar-refractivity contribution in [2.45, 2.75) is 30.9 Å². The molecule has 4 heteroatoms. The Balaban J connectivity index is 2.06. The highest BCUT2D eigenvalue weighted by molar-refractivity contribution is 9.10. The standard InChI is InChI=1S/C15H18BrNS2/c1-10-4-3-5-12(6-10)8-19-15(11(2)17)14-7-13(16)9-18-14/h3-7,9,11,15H,8,17H2,1-2H3. The van der Waals surface area contributed by atoms with Gasteiger partial charge in [0.05, 0.1) is 5.25 Å². The van der Waals surface area contributed by atoms with Gasteiger partial charge >= 0.3 is 0 Å². The predicted molar refractivity (Wildman–Crippen MR) is 90.9 cm³/mol. The van der Waals surface area contributed by atoms with Gasteiger partial charge < -0.3 is 5.73 Å². The molecule has 0 aliphatic heterocycles. The fraction of sp³-hybridized carbons (Fsp3) is 0.333. The van der Waals surface area contributed by atoms with E-state index in [4.69, 9.17) is 5.73 Å². The molecule has 0 spiro atoms. The second-order valence-electron chi connectivity index (χ2n) is 4.75. The highest BCUT2D eigenvalue weighted by Crippen LogP contribution is 2.38. The third-order valence-corrected chi connectivity index (χ3v) is 6.33. The molecular formula is C15H18BrNS2. The minimum Gasteiger partial charge on any atom is -0.327 e. The molecule has 1 heterocycles. The molecular weight excluding hydrogens is 338 g/mol. The maximum atomic E-state index is 6.14. The molecule has 0 saturated heterocycles. The molecule has 0 amide bonds. The highest BCUT2D eigenvalue weighted by Gasteiger charge is 2.18. The molecule has 0 bridgehead atoms. The Bertz CT molecular complexity index is 536. The molecule has 1 aromatic heterocycles. The minimum absolute atomic E-state index is 0.153. The van der Waals surface area contributed by atoms with Crippen LogP contribution in [0, 0.1) is 6.92 Å². The van der Waals surface area contributed by atoms with Crippen molar-refractivity contribution in [3.05, 3.63) is 56.2 Å². The molecule has 0 aliphatic carbocycles. The topological polar surface area (TPSA) is 26.0 Å². The van der Waals surface area contributed by atoms with Crippen LogP contribution in [0.5, 0.6) is 0 Å². The number of nitrogens with two attached hydrogens (primary N) is 1. The molecule has 2 unspecified atom stereocenters. The Morgan fingerprint density at radius 1 is 1.37 bits per heavy atom. The van der Waals surface area contributed by atoms with Crippen molar-refractivity contribution in [3.63, 3.8) is 0 Å². The van der Waals surface area contributed by atoms with E-state index < -0.39 is 0 Å². The first-order valence-electron chi connectivity index (χ1n) is 6.23. The summed E-state index contributed by atoms with van der Waals surface area (Å²) in [5.41, 5.74) is 8.82. The van der Waals surface area contributed by atoms with E-state index in [1.807, 2.05) is 11.8 Å². The van der Waals surface area contributed by atoms with E-state index in [1.54, 1.807) is 11.3 Å². The number of aryl methyl sites for hydroxylation is 1. The van der Waals surface area contributed by atoms with Crippen LogP contribution < -0.4 is 5.73 Å². The lowest BCUT2D eigenvalue weighted by Crippen LogP contribution is -2.22. The normalized spacial score (nSPS) is 14.3. The van der Waals surface area contributed by atoms with Crippen LogP contribution in [0.1, 0.15) is 28.2 Å². The number of thiophene rings is 1. The number of halogens is 1. The van der Waals surface area contributed by atoms with E-state index in [0.717, 1.165) is 10.2 Å². The van der Waals surface area contributed by atoms with Gasteiger partial charge in [0.15, 0.2) is 0 Å². The largest absolute Gasteiger partial charge is 0.327 e. The van der Waals surface area contributed by atoms with Crippen LogP contribution >= 0.6 is 39.0 Å². The highest BCUT2D eigenvalue weighted by atomic mass is 79.9. The van der Waals surface area contributed by atoms with Gasteiger partial charge in [0, 0.05) is 26.5 Å². The molecule has 0 saturated carbocycles. The van der Waals surface area contributed by atoms with Crippen molar-refractivity contribution in [1.29, 1.82) is 0 Å². The summed E-state index contributed by atoms with van der Waals surface area (Å²) < 4.78 is 1.15. The number of hydrogen-bond donors (Lipinski definition) is 1. The first-order chi connectivity index (χ1) is 9.06. The summed E-state index contributed by atoms with van der Waals surface area (Å²) in [6.07, 6.45) is 0. The summed E-state index contributed by atoms with van der Waals surface area (Å²) in [7, 11) is 0. The van der Waals surface area contributed by atoms with Gasteiger partial charge in [-0.05, 0) is 41.4 Å². The van der Waals surface area contributed by atoms with Gasteiger partial charge in [0.25, 0.3) is 0 Å². The van der Waals surface area contributed by atoms with Gasteiger partial charge in [-0.25, -0.2) is 0 Å². The van der Waals surface area contributed by atoms with Gasteiger partial charge in [0.2, 0.25) is 0 Å². The Morgan fingerprint density at radius 3 is 2.74 bits per heavy atom. The molecule has 1 nitrogen and oxygen atoms in total. The van der Waals surface area contributed by atoms with Crippen LogP contribution in [0.4, 0.5) is 0 Å². The molecule has 1 aromatic carbocycles. The lowest BCUT2D eigenvalue weighted by atomic mass is 10.2. The summed E-state index contributed by atoms with van der Waals surface area (Å²) in [6.45, 7) is 4.22. The molecule has 2 aromatic rings. The van der Waals surface area contributed by atoms with Crippen LogP contribution in [0.2, 0.25) is 0 Å². The number of rotatable bonds is 5. The van der Waals surface area contributed by atoms with Crippen molar-refractivity contribution in [1.82, 2.24) is 0 Å². The number of hydrogen-bond acceptors (Lipinski definition) is 3. The van der Waals surface area contributed by atoms with E-state index in [9.17, 15) is 0 Å². The summed E-state index contributed by atoms with van der Waals surface area (Å²) in [6, 6.07) is 11.0. The molecule has 2 atom stereocenters. The molecule has 0 fully saturated rings. The van der Waals surface area contributed by atoms with Gasteiger partial charge in [0.1, 0.15) is 0 Å². The zero-order valence-corrected chi connectivity index (χ0v) is 14.3. The Kier molecular flexibility index (Phi) is 5.51. The number of benzene rings is 1. The molecule has 0 radical (unpaired) electrons.